The zero-order valence-electron chi connectivity index (χ0n) is 10.1. The molecule has 17 heavy (non-hydrogen) atoms. The molecule has 1 heterocycles. The van der Waals surface area contributed by atoms with Gasteiger partial charge in [0.15, 0.2) is 0 Å². The van der Waals surface area contributed by atoms with E-state index in [1.807, 2.05) is 20.8 Å². The van der Waals surface area contributed by atoms with Crippen molar-refractivity contribution in [1.29, 1.82) is 0 Å². The molecule has 0 aliphatic rings. The number of pyridine rings is 1. The van der Waals surface area contributed by atoms with Crippen LogP contribution in [0.3, 0.4) is 0 Å². The van der Waals surface area contributed by atoms with Crippen LogP contribution in [-0.4, -0.2) is 15.9 Å². The summed E-state index contributed by atoms with van der Waals surface area (Å²) < 4.78 is 0. The van der Waals surface area contributed by atoms with Crippen molar-refractivity contribution in [3.8, 4) is 0 Å². The van der Waals surface area contributed by atoms with Crippen LogP contribution < -0.4 is 16.6 Å². The molecule has 0 aliphatic heterocycles. The fraction of sp³-hybridized carbons (Fsp3) is 0.500. The van der Waals surface area contributed by atoms with Gasteiger partial charge in [-0.2, -0.15) is 0 Å². The minimum Gasteiger partial charge on any atom is -0.362 e. The Hall–Kier alpha value is -1.89. The molecule has 1 rings (SSSR count). The van der Waals surface area contributed by atoms with Crippen molar-refractivity contribution >= 4 is 17.3 Å². The lowest BCUT2D eigenvalue weighted by molar-refractivity contribution is -0.384. The number of nitrogens with zero attached hydrogens (tertiary/aromatic N) is 2. The minimum atomic E-state index is -0.470. The molecule has 1 aromatic rings. The third kappa shape index (κ3) is 3.28. The van der Waals surface area contributed by atoms with E-state index < -0.39 is 4.92 Å². The molecule has 0 saturated carbocycles. The summed E-state index contributed by atoms with van der Waals surface area (Å²) in [5.74, 6) is 6.18. The first kappa shape index (κ1) is 13.2. The van der Waals surface area contributed by atoms with Crippen LogP contribution >= 0.6 is 0 Å². The highest BCUT2D eigenvalue weighted by Gasteiger charge is 2.18. The molecule has 0 saturated heterocycles. The van der Waals surface area contributed by atoms with Gasteiger partial charge in [0.1, 0.15) is 5.82 Å². The average molecular weight is 239 g/mol. The number of aromatic nitrogens is 1. The van der Waals surface area contributed by atoms with Crippen molar-refractivity contribution in [2.24, 2.45) is 11.8 Å². The van der Waals surface area contributed by atoms with Gasteiger partial charge in [0.05, 0.1) is 4.92 Å². The number of anilines is 2. The van der Waals surface area contributed by atoms with Crippen LogP contribution in [0.5, 0.6) is 0 Å². The van der Waals surface area contributed by atoms with Crippen LogP contribution in [0.25, 0.3) is 0 Å². The summed E-state index contributed by atoms with van der Waals surface area (Å²) in [4.78, 5) is 14.4. The predicted molar refractivity (Wildman–Crippen MR) is 66.6 cm³/mol. The third-order valence-electron chi connectivity index (χ3n) is 2.58. The van der Waals surface area contributed by atoms with E-state index >= 15 is 0 Å². The summed E-state index contributed by atoms with van der Waals surface area (Å²) in [6.07, 6.45) is 0. The lowest BCUT2D eigenvalue weighted by Gasteiger charge is -2.18. The van der Waals surface area contributed by atoms with Crippen LogP contribution in [0.1, 0.15) is 20.8 Å². The number of hydrogen-bond acceptors (Lipinski definition) is 6. The van der Waals surface area contributed by atoms with E-state index in [2.05, 4.69) is 15.7 Å². The van der Waals surface area contributed by atoms with E-state index in [0.717, 1.165) is 0 Å². The van der Waals surface area contributed by atoms with Crippen molar-refractivity contribution in [3.05, 3.63) is 22.2 Å². The number of nitrogen functional groups attached to an aromatic ring is 1. The zero-order valence-corrected chi connectivity index (χ0v) is 10.1. The van der Waals surface area contributed by atoms with Gasteiger partial charge in [-0.15, -0.1) is 0 Å². The molecule has 0 bridgehead atoms. The molecule has 0 aliphatic carbocycles. The van der Waals surface area contributed by atoms with Crippen LogP contribution in [0, 0.1) is 16.0 Å². The van der Waals surface area contributed by atoms with Crippen LogP contribution in [-0.2, 0) is 0 Å². The first-order chi connectivity index (χ1) is 7.95. The fourth-order valence-electron chi connectivity index (χ4n) is 1.17. The molecule has 0 spiro atoms. The first-order valence-electron chi connectivity index (χ1n) is 5.34. The molecule has 1 unspecified atom stereocenters. The standard InChI is InChI=1S/C10H17N5O2/c1-6(2)7(3)12-10-8(15(16)17)4-5-9(13-10)14-11/h4-7H,11H2,1-3H3,(H2,12,13,14). The Labute approximate surface area is 99.5 Å². The number of hydrogen-bond donors (Lipinski definition) is 3. The van der Waals surface area contributed by atoms with E-state index in [9.17, 15) is 10.1 Å². The Morgan fingerprint density at radius 3 is 2.53 bits per heavy atom. The SMILES string of the molecule is CC(C)C(C)Nc1nc(NN)ccc1[N+](=O)[O-]. The van der Waals surface area contributed by atoms with Gasteiger partial charge in [0, 0.05) is 12.1 Å². The topological polar surface area (TPSA) is 106 Å². The Morgan fingerprint density at radius 1 is 1.41 bits per heavy atom. The van der Waals surface area contributed by atoms with E-state index in [4.69, 9.17) is 5.84 Å². The molecule has 94 valence electrons. The fourth-order valence-corrected chi connectivity index (χ4v) is 1.17. The highest BCUT2D eigenvalue weighted by Crippen LogP contribution is 2.25. The monoisotopic (exact) mass is 239 g/mol. The summed E-state index contributed by atoms with van der Waals surface area (Å²) >= 11 is 0. The quantitative estimate of drug-likeness (QED) is 0.410. The van der Waals surface area contributed by atoms with E-state index in [-0.39, 0.29) is 17.5 Å². The second kappa shape index (κ2) is 5.44. The van der Waals surface area contributed by atoms with E-state index in [1.165, 1.54) is 12.1 Å². The molecular weight excluding hydrogens is 222 g/mol. The van der Waals surface area contributed by atoms with Crippen molar-refractivity contribution in [3.63, 3.8) is 0 Å². The molecule has 1 atom stereocenters. The summed E-state index contributed by atoms with van der Waals surface area (Å²) in [5.41, 5.74) is 2.30. The Kier molecular flexibility index (Phi) is 4.22. The van der Waals surface area contributed by atoms with Crippen molar-refractivity contribution < 1.29 is 4.92 Å². The van der Waals surface area contributed by atoms with E-state index in [0.29, 0.717) is 11.7 Å². The normalized spacial score (nSPS) is 12.3. The minimum absolute atomic E-state index is 0.0588. The van der Waals surface area contributed by atoms with Crippen molar-refractivity contribution in [1.82, 2.24) is 4.98 Å². The Morgan fingerprint density at radius 2 is 2.06 bits per heavy atom. The highest BCUT2D eigenvalue weighted by atomic mass is 16.6. The zero-order chi connectivity index (χ0) is 13.0. The van der Waals surface area contributed by atoms with Crippen LogP contribution in [0.2, 0.25) is 0 Å². The molecule has 7 heteroatoms. The second-order valence-corrected chi connectivity index (χ2v) is 4.14. The molecule has 7 nitrogen and oxygen atoms in total. The maximum absolute atomic E-state index is 10.8. The lowest BCUT2D eigenvalue weighted by Crippen LogP contribution is -2.23. The van der Waals surface area contributed by atoms with Gasteiger partial charge in [0.25, 0.3) is 0 Å². The number of nitrogens with one attached hydrogen (secondary N) is 2. The predicted octanol–water partition coefficient (Wildman–Crippen LogP) is 1.73. The maximum Gasteiger partial charge on any atom is 0.311 e. The summed E-state index contributed by atoms with van der Waals surface area (Å²) in [5, 5.41) is 13.9. The smallest absolute Gasteiger partial charge is 0.311 e. The van der Waals surface area contributed by atoms with Gasteiger partial charge >= 0.3 is 5.69 Å². The third-order valence-corrected chi connectivity index (χ3v) is 2.58. The van der Waals surface area contributed by atoms with Crippen LogP contribution in [0.15, 0.2) is 12.1 Å². The molecule has 0 radical (unpaired) electrons. The first-order valence-corrected chi connectivity index (χ1v) is 5.34. The largest absolute Gasteiger partial charge is 0.362 e. The summed E-state index contributed by atoms with van der Waals surface area (Å²) in [7, 11) is 0. The summed E-state index contributed by atoms with van der Waals surface area (Å²) in [6.45, 7) is 5.99. The average Bonchev–Trinajstić information content (AvgIpc) is 2.28. The lowest BCUT2D eigenvalue weighted by atomic mass is 10.1. The van der Waals surface area contributed by atoms with Gasteiger partial charge in [-0.05, 0) is 18.9 Å². The molecular formula is C10H17N5O2. The van der Waals surface area contributed by atoms with E-state index in [1.54, 1.807) is 0 Å². The Balaban J connectivity index is 3.05. The second-order valence-electron chi connectivity index (χ2n) is 4.14. The molecule has 0 fully saturated rings. The van der Waals surface area contributed by atoms with Gasteiger partial charge in [-0.1, -0.05) is 13.8 Å². The van der Waals surface area contributed by atoms with Crippen LogP contribution in [0.4, 0.5) is 17.3 Å². The van der Waals surface area contributed by atoms with Gasteiger partial charge < -0.3 is 10.7 Å². The van der Waals surface area contributed by atoms with Crippen molar-refractivity contribution in [2.75, 3.05) is 10.7 Å². The van der Waals surface area contributed by atoms with Crippen molar-refractivity contribution in [2.45, 2.75) is 26.8 Å². The number of nitro groups is 1. The molecule has 4 N–H and O–H groups in total. The van der Waals surface area contributed by atoms with Gasteiger partial charge in [-0.25, -0.2) is 10.8 Å². The Bertz CT molecular complexity index is 408. The maximum atomic E-state index is 10.8. The molecule has 1 aromatic heterocycles. The summed E-state index contributed by atoms with van der Waals surface area (Å²) in [6, 6.07) is 2.91. The number of rotatable bonds is 5. The molecule has 0 aromatic carbocycles. The number of nitrogens with two attached hydrogens (primary N) is 1. The number of hydrazine groups is 1. The van der Waals surface area contributed by atoms with Gasteiger partial charge in [0.2, 0.25) is 5.82 Å². The van der Waals surface area contributed by atoms with Gasteiger partial charge in [-0.3, -0.25) is 10.1 Å². The highest BCUT2D eigenvalue weighted by molar-refractivity contribution is 5.60. The molecule has 0 amide bonds.